The fourth-order valence-corrected chi connectivity index (χ4v) is 1.85. The van der Waals surface area contributed by atoms with Crippen LogP contribution in [0.1, 0.15) is 32.3 Å². The van der Waals surface area contributed by atoms with Gasteiger partial charge in [-0.1, -0.05) is 32.4 Å². The third kappa shape index (κ3) is 5.52. The highest BCUT2D eigenvalue weighted by atomic mass is 16.5. The van der Waals surface area contributed by atoms with Crippen LogP contribution in [-0.2, 0) is 11.3 Å². The Morgan fingerprint density at radius 3 is 2.78 bits per heavy atom. The summed E-state index contributed by atoms with van der Waals surface area (Å²) in [7, 11) is 1.69. The Kier molecular flexibility index (Phi) is 7.46. The fourth-order valence-electron chi connectivity index (χ4n) is 1.85. The van der Waals surface area contributed by atoms with Crippen LogP contribution >= 0.6 is 0 Å². The maximum Gasteiger partial charge on any atom is 0.119 e. The van der Waals surface area contributed by atoms with Gasteiger partial charge in [0.05, 0.1) is 19.8 Å². The smallest absolute Gasteiger partial charge is 0.119 e. The van der Waals surface area contributed by atoms with Crippen LogP contribution in [0.25, 0.3) is 0 Å². The highest BCUT2D eigenvalue weighted by molar-refractivity contribution is 5.27. The molecule has 0 radical (unpaired) electrons. The molecule has 1 rings (SSSR count). The summed E-state index contributed by atoms with van der Waals surface area (Å²) in [6.07, 6.45) is 2.53. The van der Waals surface area contributed by atoms with Crippen molar-refractivity contribution in [3.05, 3.63) is 29.8 Å². The molecule has 3 heteroatoms. The van der Waals surface area contributed by atoms with Gasteiger partial charge < -0.3 is 14.8 Å². The molecule has 1 aromatic rings. The van der Waals surface area contributed by atoms with Crippen molar-refractivity contribution >= 4 is 0 Å². The summed E-state index contributed by atoms with van der Waals surface area (Å²) in [6.45, 7) is 6.86. The minimum atomic E-state index is 0.293. The zero-order chi connectivity index (χ0) is 13.2. The van der Waals surface area contributed by atoms with Gasteiger partial charge in [-0.25, -0.2) is 0 Å². The summed E-state index contributed by atoms with van der Waals surface area (Å²) in [5.74, 6) is 0.884. The maximum absolute atomic E-state index is 5.95. The van der Waals surface area contributed by atoms with Gasteiger partial charge in [0.25, 0.3) is 0 Å². The van der Waals surface area contributed by atoms with E-state index in [1.807, 2.05) is 18.2 Å². The zero-order valence-electron chi connectivity index (χ0n) is 11.7. The maximum atomic E-state index is 5.95. The molecule has 0 saturated heterocycles. The van der Waals surface area contributed by atoms with E-state index >= 15 is 0 Å². The van der Waals surface area contributed by atoms with E-state index in [4.69, 9.17) is 9.47 Å². The Bertz CT molecular complexity index is 328. The lowest BCUT2D eigenvalue weighted by Crippen LogP contribution is -2.28. The standard InChI is InChI=1S/C15H25NO2/c1-4-7-15(11-16-5-2)18-12-13-8-6-9-14(10-13)17-3/h6,8-10,15-16H,4-5,7,11-12H2,1-3H3. The predicted octanol–water partition coefficient (Wildman–Crippen LogP) is 2.99. The minimum Gasteiger partial charge on any atom is -0.497 e. The van der Waals surface area contributed by atoms with Crippen molar-refractivity contribution in [2.24, 2.45) is 0 Å². The van der Waals surface area contributed by atoms with Gasteiger partial charge in [-0.3, -0.25) is 0 Å². The first-order valence-electron chi connectivity index (χ1n) is 6.75. The molecular weight excluding hydrogens is 226 g/mol. The SMILES string of the molecule is CCCC(CNCC)OCc1cccc(OC)c1. The third-order valence-electron chi connectivity index (χ3n) is 2.85. The topological polar surface area (TPSA) is 30.5 Å². The quantitative estimate of drug-likeness (QED) is 0.732. The van der Waals surface area contributed by atoms with Gasteiger partial charge in [-0.05, 0) is 30.7 Å². The van der Waals surface area contributed by atoms with E-state index < -0.39 is 0 Å². The van der Waals surface area contributed by atoms with Gasteiger partial charge in [-0.2, -0.15) is 0 Å². The molecule has 0 aliphatic heterocycles. The average Bonchev–Trinajstić information content (AvgIpc) is 2.42. The fraction of sp³-hybridized carbons (Fsp3) is 0.600. The van der Waals surface area contributed by atoms with Crippen molar-refractivity contribution in [2.45, 2.75) is 39.4 Å². The van der Waals surface area contributed by atoms with Crippen LogP contribution in [0.4, 0.5) is 0 Å². The molecule has 0 bridgehead atoms. The van der Waals surface area contributed by atoms with Gasteiger partial charge in [0.2, 0.25) is 0 Å². The lowest BCUT2D eigenvalue weighted by atomic mass is 10.2. The number of hydrogen-bond donors (Lipinski definition) is 1. The van der Waals surface area contributed by atoms with Gasteiger partial charge in [0.15, 0.2) is 0 Å². The van der Waals surface area contributed by atoms with Crippen molar-refractivity contribution < 1.29 is 9.47 Å². The molecule has 1 unspecified atom stereocenters. The molecule has 3 nitrogen and oxygen atoms in total. The highest BCUT2D eigenvalue weighted by Crippen LogP contribution is 2.14. The minimum absolute atomic E-state index is 0.293. The molecule has 0 aromatic heterocycles. The van der Waals surface area contributed by atoms with Crippen LogP contribution in [0.2, 0.25) is 0 Å². The van der Waals surface area contributed by atoms with Crippen molar-refractivity contribution in [3.63, 3.8) is 0 Å². The van der Waals surface area contributed by atoms with Crippen LogP contribution in [-0.4, -0.2) is 26.3 Å². The van der Waals surface area contributed by atoms with E-state index in [9.17, 15) is 0 Å². The number of nitrogens with one attached hydrogen (secondary N) is 1. The monoisotopic (exact) mass is 251 g/mol. The Hall–Kier alpha value is -1.06. The van der Waals surface area contributed by atoms with Gasteiger partial charge in [-0.15, -0.1) is 0 Å². The summed E-state index contributed by atoms with van der Waals surface area (Å²) in [5.41, 5.74) is 1.16. The molecule has 0 saturated carbocycles. The van der Waals surface area contributed by atoms with Crippen LogP contribution in [0.15, 0.2) is 24.3 Å². The number of hydrogen-bond acceptors (Lipinski definition) is 3. The molecule has 0 amide bonds. The Balaban J connectivity index is 2.44. The number of likely N-dealkylation sites (N-methyl/N-ethyl adjacent to an activating group) is 1. The van der Waals surface area contributed by atoms with Crippen molar-refractivity contribution in [2.75, 3.05) is 20.2 Å². The number of methoxy groups -OCH3 is 1. The molecule has 1 aromatic carbocycles. The molecule has 102 valence electrons. The average molecular weight is 251 g/mol. The summed E-state index contributed by atoms with van der Waals surface area (Å²) >= 11 is 0. The third-order valence-corrected chi connectivity index (χ3v) is 2.85. The van der Waals surface area contributed by atoms with Crippen molar-refractivity contribution in [1.29, 1.82) is 0 Å². The second-order valence-electron chi connectivity index (χ2n) is 4.38. The second kappa shape index (κ2) is 8.95. The molecule has 0 heterocycles. The first kappa shape index (κ1) is 15.0. The second-order valence-corrected chi connectivity index (χ2v) is 4.38. The van der Waals surface area contributed by atoms with E-state index in [1.54, 1.807) is 7.11 Å². The molecule has 1 N–H and O–H groups in total. The van der Waals surface area contributed by atoms with Crippen molar-refractivity contribution in [3.8, 4) is 5.75 Å². The Morgan fingerprint density at radius 2 is 2.11 bits per heavy atom. The number of rotatable bonds is 9. The predicted molar refractivity (Wildman–Crippen MR) is 75.0 cm³/mol. The molecule has 0 aliphatic carbocycles. The molecular formula is C15H25NO2. The summed E-state index contributed by atoms with van der Waals surface area (Å²) in [4.78, 5) is 0. The number of benzene rings is 1. The molecule has 18 heavy (non-hydrogen) atoms. The van der Waals surface area contributed by atoms with E-state index in [-0.39, 0.29) is 0 Å². The largest absolute Gasteiger partial charge is 0.497 e. The van der Waals surface area contributed by atoms with Crippen LogP contribution in [0, 0.1) is 0 Å². The van der Waals surface area contributed by atoms with Gasteiger partial charge in [0, 0.05) is 6.54 Å². The lowest BCUT2D eigenvalue weighted by molar-refractivity contribution is 0.0351. The first-order chi connectivity index (χ1) is 8.80. The van der Waals surface area contributed by atoms with Gasteiger partial charge >= 0.3 is 0 Å². The lowest BCUT2D eigenvalue weighted by Gasteiger charge is -2.17. The number of ether oxygens (including phenoxy) is 2. The molecule has 0 aliphatic rings. The summed E-state index contributed by atoms with van der Waals surface area (Å²) in [6, 6.07) is 8.04. The van der Waals surface area contributed by atoms with E-state index in [0.29, 0.717) is 12.7 Å². The zero-order valence-corrected chi connectivity index (χ0v) is 11.7. The Labute approximate surface area is 110 Å². The van der Waals surface area contributed by atoms with Crippen LogP contribution in [0.5, 0.6) is 5.75 Å². The van der Waals surface area contributed by atoms with E-state index in [0.717, 1.165) is 37.2 Å². The highest BCUT2D eigenvalue weighted by Gasteiger charge is 2.07. The van der Waals surface area contributed by atoms with Gasteiger partial charge in [0.1, 0.15) is 5.75 Å². The summed E-state index contributed by atoms with van der Waals surface area (Å²) < 4.78 is 11.2. The van der Waals surface area contributed by atoms with Crippen LogP contribution in [0.3, 0.4) is 0 Å². The molecule has 0 spiro atoms. The van der Waals surface area contributed by atoms with E-state index in [1.165, 1.54) is 0 Å². The summed E-state index contributed by atoms with van der Waals surface area (Å²) in [5, 5.41) is 3.34. The molecule has 1 atom stereocenters. The van der Waals surface area contributed by atoms with Crippen LogP contribution < -0.4 is 10.1 Å². The van der Waals surface area contributed by atoms with E-state index in [2.05, 4.69) is 25.2 Å². The normalized spacial score (nSPS) is 12.4. The van der Waals surface area contributed by atoms with Crippen molar-refractivity contribution in [1.82, 2.24) is 5.32 Å². The molecule has 0 fully saturated rings. The first-order valence-corrected chi connectivity index (χ1v) is 6.75. The Morgan fingerprint density at radius 1 is 1.28 bits per heavy atom.